The van der Waals surface area contributed by atoms with Gasteiger partial charge in [-0.1, -0.05) is 12.5 Å². The van der Waals surface area contributed by atoms with E-state index in [1.807, 2.05) is 41.9 Å². The average Bonchev–Trinajstić information content (AvgIpc) is 2.90. The Labute approximate surface area is 131 Å². The fraction of sp³-hybridized carbons (Fsp3) is 0.533. The lowest BCUT2D eigenvalue weighted by Crippen LogP contribution is -2.48. The Hall–Kier alpha value is -1.44. The van der Waals surface area contributed by atoms with E-state index in [4.69, 9.17) is 0 Å². The molecule has 0 bridgehead atoms. The minimum atomic E-state index is -3.38. The molecule has 0 radical (unpaired) electrons. The van der Waals surface area contributed by atoms with Crippen molar-refractivity contribution in [3.05, 3.63) is 36.3 Å². The number of nitrogens with zero attached hydrogens (tertiary/aromatic N) is 3. The molecule has 1 N–H and O–H groups in total. The lowest BCUT2D eigenvalue weighted by molar-refractivity contribution is 0.265. The molecule has 120 valence electrons. The number of fused-ring (bicyclic) bond motifs is 1. The van der Waals surface area contributed by atoms with E-state index in [0.29, 0.717) is 19.5 Å². The minimum absolute atomic E-state index is 0.0847. The molecule has 1 atom stereocenters. The summed E-state index contributed by atoms with van der Waals surface area (Å²) in [6.07, 6.45) is 7.45. The molecule has 22 heavy (non-hydrogen) atoms. The van der Waals surface area contributed by atoms with Crippen LogP contribution in [-0.2, 0) is 16.6 Å². The zero-order valence-electron chi connectivity index (χ0n) is 12.8. The number of nitrogens with one attached hydrogen (secondary N) is 1. The second-order valence-electron chi connectivity index (χ2n) is 5.80. The van der Waals surface area contributed by atoms with Crippen LogP contribution in [0, 0.1) is 0 Å². The Morgan fingerprint density at radius 2 is 2.23 bits per heavy atom. The van der Waals surface area contributed by atoms with E-state index in [-0.39, 0.29) is 6.04 Å². The summed E-state index contributed by atoms with van der Waals surface area (Å²) < 4.78 is 30.9. The molecule has 2 aromatic rings. The summed E-state index contributed by atoms with van der Waals surface area (Å²) >= 11 is 0. The van der Waals surface area contributed by atoms with Gasteiger partial charge in [-0.05, 0) is 31.9 Å². The van der Waals surface area contributed by atoms with Gasteiger partial charge in [-0.3, -0.25) is 0 Å². The second-order valence-corrected chi connectivity index (χ2v) is 7.51. The maximum atomic E-state index is 12.3. The Balaban J connectivity index is 1.59. The number of pyridine rings is 1. The Bertz CT molecular complexity index is 708. The molecule has 1 fully saturated rings. The van der Waals surface area contributed by atoms with Crippen LogP contribution in [0.25, 0.3) is 5.65 Å². The van der Waals surface area contributed by atoms with Crippen molar-refractivity contribution in [1.82, 2.24) is 18.4 Å². The molecule has 0 saturated carbocycles. The smallest absolute Gasteiger partial charge is 0.279 e. The van der Waals surface area contributed by atoms with Crippen LogP contribution in [0.1, 0.15) is 31.9 Å². The molecule has 1 aliphatic rings. The normalized spacial score (nSPS) is 20.5. The van der Waals surface area contributed by atoms with E-state index in [1.165, 1.54) is 0 Å². The molecular weight excluding hydrogens is 300 g/mol. The predicted octanol–water partition coefficient (Wildman–Crippen LogP) is 1.59. The molecule has 1 saturated heterocycles. The van der Waals surface area contributed by atoms with Crippen molar-refractivity contribution in [3.63, 3.8) is 0 Å². The number of hydrogen-bond donors (Lipinski definition) is 1. The summed E-state index contributed by atoms with van der Waals surface area (Å²) in [7, 11) is -3.38. The lowest BCUT2D eigenvalue weighted by Gasteiger charge is -2.32. The van der Waals surface area contributed by atoms with Gasteiger partial charge in [0.05, 0.1) is 5.69 Å². The molecule has 0 amide bonds. The van der Waals surface area contributed by atoms with Crippen molar-refractivity contribution in [2.45, 2.75) is 38.6 Å². The van der Waals surface area contributed by atoms with Crippen LogP contribution < -0.4 is 4.72 Å². The summed E-state index contributed by atoms with van der Waals surface area (Å²) in [6.45, 7) is 2.96. The topological polar surface area (TPSA) is 66.7 Å². The van der Waals surface area contributed by atoms with Crippen molar-refractivity contribution in [3.8, 4) is 0 Å². The molecule has 1 aliphatic heterocycles. The van der Waals surface area contributed by atoms with Gasteiger partial charge < -0.3 is 4.40 Å². The van der Waals surface area contributed by atoms with Gasteiger partial charge in [-0.15, -0.1) is 0 Å². The summed E-state index contributed by atoms with van der Waals surface area (Å²) in [5.41, 5.74) is 1.77. The minimum Gasteiger partial charge on any atom is -0.307 e. The number of rotatable bonds is 5. The molecule has 0 unspecified atom stereocenters. The van der Waals surface area contributed by atoms with Crippen LogP contribution in [0.4, 0.5) is 0 Å². The highest BCUT2D eigenvalue weighted by atomic mass is 32.2. The van der Waals surface area contributed by atoms with Gasteiger partial charge in [0.15, 0.2) is 0 Å². The summed E-state index contributed by atoms with van der Waals surface area (Å²) in [4.78, 5) is 4.47. The first-order valence-electron chi connectivity index (χ1n) is 7.75. The molecule has 3 heterocycles. The van der Waals surface area contributed by atoms with Crippen LogP contribution in [0.2, 0.25) is 0 Å². The van der Waals surface area contributed by atoms with Crippen molar-refractivity contribution in [2.24, 2.45) is 0 Å². The second kappa shape index (κ2) is 6.36. The van der Waals surface area contributed by atoms with Crippen LogP contribution in [0.5, 0.6) is 0 Å². The first kappa shape index (κ1) is 15.5. The lowest BCUT2D eigenvalue weighted by atomic mass is 10.1. The van der Waals surface area contributed by atoms with Crippen molar-refractivity contribution >= 4 is 15.9 Å². The van der Waals surface area contributed by atoms with Crippen molar-refractivity contribution < 1.29 is 8.42 Å². The van der Waals surface area contributed by atoms with Crippen LogP contribution >= 0.6 is 0 Å². The fourth-order valence-corrected chi connectivity index (χ4v) is 4.40. The van der Waals surface area contributed by atoms with E-state index >= 15 is 0 Å². The Kier molecular flexibility index (Phi) is 4.46. The van der Waals surface area contributed by atoms with Gasteiger partial charge in [-0.25, -0.2) is 9.71 Å². The SMILES string of the molecule is C[C@@H]1CCCCN1S(=O)(=O)NCCc1cn2ccccc2n1. The molecule has 0 aromatic carbocycles. The van der Waals surface area contributed by atoms with E-state index in [2.05, 4.69) is 9.71 Å². The fourth-order valence-electron chi connectivity index (χ4n) is 2.93. The molecule has 2 aromatic heterocycles. The molecule has 0 spiro atoms. The Morgan fingerprint density at radius 1 is 1.36 bits per heavy atom. The molecule has 3 rings (SSSR count). The summed E-state index contributed by atoms with van der Waals surface area (Å²) in [5, 5.41) is 0. The standard InChI is InChI=1S/C15H22N4O2S/c1-13-6-2-5-11-19(13)22(20,21)16-9-8-14-12-18-10-4-3-7-15(18)17-14/h3-4,7,10,12-13,16H,2,5-6,8-9,11H2,1H3/t13-/m1/s1. The maximum Gasteiger partial charge on any atom is 0.279 e. The van der Waals surface area contributed by atoms with Crippen LogP contribution in [0.15, 0.2) is 30.6 Å². The summed E-state index contributed by atoms with van der Waals surface area (Å²) in [5.74, 6) is 0. The van der Waals surface area contributed by atoms with E-state index < -0.39 is 10.2 Å². The number of imidazole rings is 1. The third-order valence-electron chi connectivity index (χ3n) is 4.13. The van der Waals surface area contributed by atoms with E-state index in [1.54, 1.807) is 4.31 Å². The van der Waals surface area contributed by atoms with Gasteiger partial charge >= 0.3 is 0 Å². The van der Waals surface area contributed by atoms with E-state index in [0.717, 1.165) is 30.6 Å². The zero-order valence-corrected chi connectivity index (χ0v) is 13.6. The molecule has 7 heteroatoms. The van der Waals surface area contributed by atoms with Crippen molar-refractivity contribution in [1.29, 1.82) is 0 Å². The first-order valence-corrected chi connectivity index (χ1v) is 9.19. The molecular formula is C15H22N4O2S. The molecule has 0 aliphatic carbocycles. The Morgan fingerprint density at radius 3 is 3.00 bits per heavy atom. The third-order valence-corrected chi connectivity index (χ3v) is 5.86. The zero-order chi connectivity index (χ0) is 15.6. The number of piperidine rings is 1. The highest BCUT2D eigenvalue weighted by molar-refractivity contribution is 7.87. The van der Waals surface area contributed by atoms with Crippen LogP contribution in [0.3, 0.4) is 0 Å². The highest BCUT2D eigenvalue weighted by Crippen LogP contribution is 2.18. The largest absolute Gasteiger partial charge is 0.307 e. The first-order chi connectivity index (χ1) is 10.6. The highest BCUT2D eigenvalue weighted by Gasteiger charge is 2.28. The number of hydrogen-bond acceptors (Lipinski definition) is 3. The predicted molar refractivity (Wildman–Crippen MR) is 85.8 cm³/mol. The monoisotopic (exact) mass is 322 g/mol. The summed E-state index contributed by atoms with van der Waals surface area (Å²) in [6, 6.07) is 5.90. The van der Waals surface area contributed by atoms with Gasteiger partial charge in [0.2, 0.25) is 0 Å². The van der Waals surface area contributed by atoms with Crippen molar-refractivity contribution in [2.75, 3.05) is 13.1 Å². The van der Waals surface area contributed by atoms with Gasteiger partial charge in [0.25, 0.3) is 10.2 Å². The maximum absolute atomic E-state index is 12.3. The average molecular weight is 322 g/mol. The van der Waals surface area contributed by atoms with Gasteiger partial charge in [0, 0.05) is 37.9 Å². The van der Waals surface area contributed by atoms with Gasteiger partial charge in [0.1, 0.15) is 5.65 Å². The van der Waals surface area contributed by atoms with E-state index in [9.17, 15) is 8.42 Å². The van der Waals surface area contributed by atoms with Crippen LogP contribution in [-0.4, -0.2) is 41.2 Å². The third kappa shape index (κ3) is 3.31. The van der Waals surface area contributed by atoms with Gasteiger partial charge in [-0.2, -0.15) is 12.7 Å². The quantitative estimate of drug-likeness (QED) is 0.909. The molecule has 6 nitrogen and oxygen atoms in total. The number of aromatic nitrogens is 2.